The van der Waals surface area contributed by atoms with Gasteiger partial charge in [0.15, 0.2) is 0 Å². The quantitative estimate of drug-likeness (QED) is 0.733. The van der Waals surface area contributed by atoms with E-state index >= 15 is 0 Å². The van der Waals surface area contributed by atoms with Gasteiger partial charge >= 0.3 is 0 Å². The number of carbonyl (C=O) groups excluding carboxylic acids is 1. The Morgan fingerprint density at radius 2 is 2.05 bits per heavy atom. The first-order valence-corrected chi connectivity index (χ1v) is 7.59. The zero-order valence-electron chi connectivity index (χ0n) is 13.3. The van der Waals surface area contributed by atoms with E-state index in [4.69, 9.17) is 5.73 Å². The van der Waals surface area contributed by atoms with E-state index in [1.54, 1.807) is 18.2 Å². The van der Waals surface area contributed by atoms with Crippen LogP contribution in [0.1, 0.15) is 39.2 Å². The molecular weight excluding hydrogens is 264 g/mol. The summed E-state index contributed by atoms with van der Waals surface area (Å²) >= 11 is 0. The second-order valence-electron chi connectivity index (χ2n) is 6.89. The molecule has 3 unspecified atom stereocenters. The third-order valence-corrected chi connectivity index (χ3v) is 5.28. The highest BCUT2D eigenvalue weighted by Crippen LogP contribution is 2.44. The number of hydrogen-bond acceptors (Lipinski definition) is 3. The van der Waals surface area contributed by atoms with Gasteiger partial charge in [-0.15, -0.1) is 0 Å². The maximum absolute atomic E-state index is 12.6. The summed E-state index contributed by atoms with van der Waals surface area (Å²) in [5, 5.41) is 12.5. The molecule has 0 aromatic heterocycles. The van der Waals surface area contributed by atoms with Gasteiger partial charge in [-0.3, -0.25) is 4.79 Å². The minimum atomic E-state index is -0.117. The maximum Gasteiger partial charge on any atom is 0.228 e. The van der Waals surface area contributed by atoms with Gasteiger partial charge in [-0.05, 0) is 54.9 Å². The van der Waals surface area contributed by atoms with Gasteiger partial charge in [0, 0.05) is 17.6 Å². The molecule has 0 aliphatic heterocycles. The number of nitrogens with two attached hydrogens (primary N) is 1. The Balaban J connectivity index is 2.14. The molecule has 4 N–H and O–H groups in total. The first-order chi connectivity index (χ1) is 9.73. The summed E-state index contributed by atoms with van der Waals surface area (Å²) in [6.45, 7) is 8.21. The van der Waals surface area contributed by atoms with Crippen LogP contribution in [0, 0.1) is 24.2 Å². The number of rotatable bonds is 2. The summed E-state index contributed by atoms with van der Waals surface area (Å²) in [6, 6.07) is 5.29. The predicted molar refractivity (Wildman–Crippen MR) is 85.1 cm³/mol. The number of aryl methyl sites for hydroxylation is 1. The zero-order chi connectivity index (χ0) is 15.8. The van der Waals surface area contributed by atoms with E-state index in [2.05, 4.69) is 26.1 Å². The standard InChI is InChI=1S/C17H26N2O2/c1-10-9-12(5-8-15(10)20)19-16(21)13-6-7-14(18)11(2)17(13,3)4/h5,8-9,11,13-14,20H,6-7,18H2,1-4H3,(H,19,21). The topological polar surface area (TPSA) is 75.4 Å². The molecule has 4 heteroatoms. The maximum atomic E-state index is 12.6. The molecule has 4 nitrogen and oxygen atoms in total. The summed E-state index contributed by atoms with van der Waals surface area (Å²) in [6.07, 6.45) is 1.71. The smallest absolute Gasteiger partial charge is 0.228 e. The van der Waals surface area contributed by atoms with Crippen molar-refractivity contribution < 1.29 is 9.90 Å². The summed E-state index contributed by atoms with van der Waals surface area (Å²) in [5.74, 6) is 0.555. The molecule has 1 fully saturated rings. The van der Waals surface area contributed by atoms with Crippen LogP contribution in [0.2, 0.25) is 0 Å². The fourth-order valence-electron chi connectivity index (χ4n) is 3.28. The molecule has 0 heterocycles. The van der Waals surface area contributed by atoms with Crippen LogP contribution in [0.4, 0.5) is 5.69 Å². The zero-order valence-corrected chi connectivity index (χ0v) is 13.3. The number of carbonyl (C=O) groups is 1. The summed E-state index contributed by atoms with van der Waals surface area (Å²) in [4.78, 5) is 12.6. The molecule has 2 rings (SSSR count). The van der Waals surface area contributed by atoms with Crippen LogP contribution in [0.3, 0.4) is 0 Å². The van der Waals surface area contributed by atoms with Crippen molar-refractivity contribution >= 4 is 11.6 Å². The van der Waals surface area contributed by atoms with Crippen molar-refractivity contribution in [3.8, 4) is 5.75 Å². The van der Waals surface area contributed by atoms with Crippen LogP contribution in [-0.2, 0) is 4.79 Å². The van der Waals surface area contributed by atoms with Crippen molar-refractivity contribution in [2.24, 2.45) is 23.0 Å². The molecule has 1 saturated carbocycles. The first kappa shape index (κ1) is 15.8. The van der Waals surface area contributed by atoms with Crippen molar-refractivity contribution in [2.45, 2.75) is 46.6 Å². The molecule has 116 valence electrons. The third kappa shape index (κ3) is 3.05. The molecule has 0 bridgehead atoms. The Kier molecular flexibility index (Phi) is 4.28. The molecule has 1 aliphatic carbocycles. The van der Waals surface area contributed by atoms with Crippen LogP contribution in [0.15, 0.2) is 18.2 Å². The Morgan fingerprint density at radius 3 is 2.67 bits per heavy atom. The molecule has 21 heavy (non-hydrogen) atoms. The third-order valence-electron chi connectivity index (χ3n) is 5.28. The second-order valence-corrected chi connectivity index (χ2v) is 6.89. The Morgan fingerprint density at radius 1 is 1.38 bits per heavy atom. The highest BCUT2D eigenvalue weighted by molar-refractivity contribution is 5.93. The predicted octanol–water partition coefficient (Wildman–Crippen LogP) is 3.04. The van der Waals surface area contributed by atoms with Gasteiger partial charge in [0.2, 0.25) is 5.91 Å². The fourth-order valence-corrected chi connectivity index (χ4v) is 3.28. The number of amides is 1. The summed E-state index contributed by atoms with van der Waals surface area (Å²) in [7, 11) is 0. The highest BCUT2D eigenvalue weighted by atomic mass is 16.3. The molecule has 1 aromatic rings. The number of anilines is 1. The SMILES string of the molecule is Cc1cc(NC(=O)C2CCC(N)C(C)C2(C)C)ccc1O. The lowest BCUT2D eigenvalue weighted by Gasteiger charge is -2.46. The number of hydrogen-bond donors (Lipinski definition) is 3. The first-order valence-electron chi connectivity index (χ1n) is 7.59. The lowest BCUT2D eigenvalue weighted by molar-refractivity contribution is -0.127. The minimum absolute atomic E-state index is 0.0404. The molecule has 1 aromatic carbocycles. The van der Waals surface area contributed by atoms with Gasteiger partial charge in [-0.25, -0.2) is 0 Å². The van der Waals surface area contributed by atoms with Crippen LogP contribution in [0.25, 0.3) is 0 Å². The van der Waals surface area contributed by atoms with Gasteiger partial charge in [0.1, 0.15) is 5.75 Å². The van der Waals surface area contributed by atoms with Crippen LogP contribution < -0.4 is 11.1 Å². The number of phenolic OH excluding ortho intramolecular Hbond substituents is 1. The highest BCUT2D eigenvalue weighted by Gasteiger charge is 2.44. The fraction of sp³-hybridized carbons (Fsp3) is 0.588. The van der Waals surface area contributed by atoms with E-state index in [0.717, 1.165) is 24.1 Å². The average Bonchev–Trinajstić information content (AvgIpc) is 2.40. The van der Waals surface area contributed by atoms with Crippen LogP contribution >= 0.6 is 0 Å². The van der Waals surface area contributed by atoms with Gasteiger partial charge in [0.25, 0.3) is 0 Å². The number of aromatic hydroxyl groups is 1. The van der Waals surface area contributed by atoms with Crippen molar-refractivity contribution in [2.75, 3.05) is 5.32 Å². The van der Waals surface area contributed by atoms with E-state index in [0.29, 0.717) is 5.92 Å². The Hall–Kier alpha value is -1.55. The monoisotopic (exact) mass is 290 g/mol. The minimum Gasteiger partial charge on any atom is -0.508 e. The second kappa shape index (κ2) is 5.68. The van der Waals surface area contributed by atoms with E-state index in [-0.39, 0.29) is 29.0 Å². The van der Waals surface area contributed by atoms with Crippen molar-refractivity contribution in [3.05, 3.63) is 23.8 Å². The molecular formula is C17H26N2O2. The summed E-state index contributed by atoms with van der Waals surface area (Å²) in [5.41, 5.74) is 7.51. The lowest BCUT2D eigenvalue weighted by Crippen LogP contribution is -2.50. The van der Waals surface area contributed by atoms with Gasteiger partial charge in [-0.2, -0.15) is 0 Å². The summed E-state index contributed by atoms with van der Waals surface area (Å²) < 4.78 is 0. The Bertz CT molecular complexity index is 540. The van der Waals surface area contributed by atoms with Crippen LogP contribution in [-0.4, -0.2) is 17.1 Å². The van der Waals surface area contributed by atoms with E-state index in [1.807, 2.05) is 6.92 Å². The molecule has 0 spiro atoms. The van der Waals surface area contributed by atoms with Crippen LogP contribution in [0.5, 0.6) is 5.75 Å². The van der Waals surface area contributed by atoms with E-state index in [1.165, 1.54) is 0 Å². The normalized spacial score (nSPS) is 28.1. The van der Waals surface area contributed by atoms with Gasteiger partial charge in [0.05, 0.1) is 0 Å². The van der Waals surface area contributed by atoms with E-state index in [9.17, 15) is 9.90 Å². The van der Waals surface area contributed by atoms with Crippen molar-refractivity contribution in [3.63, 3.8) is 0 Å². The van der Waals surface area contributed by atoms with Crippen molar-refractivity contribution in [1.29, 1.82) is 0 Å². The van der Waals surface area contributed by atoms with Gasteiger partial charge < -0.3 is 16.2 Å². The lowest BCUT2D eigenvalue weighted by atomic mass is 9.61. The molecule has 3 atom stereocenters. The Labute approximate surface area is 126 Å². The molecule has 0 radical (unpaired) electrons. The molecule has 1 aliphatic rings. The largest absolute Gasteiger partial charge is 0.508 e. The molecule has 0 saturated heterocycles. The van der Waals surface area contributed by atoms with Gasteiger partial charge in [-0.1, -0.05) is 20.8 Å². The molecule has 1 amide bonds. The number of benzene rings is 1. The number of phenols is 1. The van der Waals surface area contributed by atoms with E-state index < -0.39 is 0 Å². The average molecular weight is 290 g/mol. The number of nitrogens with one attached hydrogen (secondary N) is 1. The van der Waals surface area contributed by atoms with Crippen molar-refractivity contribution in [1.82, 2.24) is 0 Å².